The Kier molecular flexibility index (Phi) is 10.6. The van der Waals surface area contributed by atoms with Crippen LogP contribution in [0.4, 0.5) is 0 Å². The molecule has 0 bridgehead atoms. The first-order valence-corrected chi connectivity index (χ1v) is 12.3. The number of aliphatic hydroxyl groups excluding tert-OH is 3. The van der Waals surface area contributed by atoms with Crippen LogP contribution in [0.3, 0.4) is 0 Å². The van der Waals surface area contributed by atoms with Crippen molar-refractivity contribution in [2.24, 2.45) is 11.8 Å². The largest absolute Gasteiger partial charge is 0.481 e. The molecule has 8 heteroatoms. The third kappa shape index (κ3) is 7.92. The van der Waals surface area contributed by atoms with Gasteiger partial charge in [0.1, 0.15) is 0 Å². The fraction of sp³-hybridized carbons (Fsp3) is 0.571. The molecule has 0 aromatic carbocycles. The van der Waals surface area contributed by atoms with Crippen molar-refractivity contribution in [1.29, 1.82) is 0 Å². The fourth-order valence-corrected chi connectivity index (χ4v) is 5.82. The molecule has 1 aliphatic carbocycles. The molecule has 4 N–H and O–H groups in total. The molecule has 1 fully saturated rings. The Labute approximate surface area is 192 Å². The van der Waals surface area contributed by atoms with Gasteiger partial charge in [-0.05, 0) is 69.9 Å². The average Bonchev–Trinajstić information content (AvgIpc) is 3.12. The van der Waals surface area contributed by atoms with Crippen molar-refractivity contribution in [3.63, 3.8) is 0 Å². The number of carboxylic acids is 1. The lowest BCUT2D eigenvalue weighted by atomic mass is 9.89. The van der Waals surface area contributed by atoms with E-state index < -0.39 is 24.3 Å². The molecule has 0 radical (unpaired) electrons. The molecular weight excluding hydrogens is 524 g/mol. The Morgan fingerprint density at radius 3 is 2.69 bits per heavy atom. The molecule has 1 aliphatic rings. The number of unbranched alkanes of at least 4 members (excludes halogenated alkanes) is 1. The van der Waals surface area contributed by atoms with Gasteiger partial charge in [0.05, 0.1) is 18.3 Å². The SMILES string of the molecule is O=C(O)CCC/C=C/CC1C(O)CC(O)C1/C=C/C(O)CCc1scc(Br)c1Br. The first-order valence-electron chi connectivity index (χ1n) is 9.80. The van der Waals surface area contributed by atoms with Crippen molar-refractivity contribution >= 4 is 49.2 Å². The highest BCUT2D eigenvalue weighted by Gasteiger charge is 2.39. The van der Waals surface area contributed by atoms with Crippen LogP contribution < -0.4 is 0 Å². The number of aliphatic hydroxyl groups is 3. The number of allylic oxidation sites excluding steroid dienone is 2. The maximum atomic E-state index is 10.5. The molecule has 2 rings (SSSR count). The van der Waals surface area contributed by atoms with Crippen molar-refractivity contribution in [3.8, 4) is 0 Å². The molecule has 0 aliphatic heterocycles. The maximum absolute atomic E-state index is 10.5. The van der Waals surface area contributed by atoms with Gasteiger partial charge in [-0.2, -0.15) is 0 Å². The standard InChI is InChI=1S/C21H28Br2O5S/c22-16-12-29-19(21(16)23)10-8-13(24)7-9-15-14(17(25)11-18(15)26)5-3-1-2-4-6-20(27)28/h1,3,7,9,12-15,17-18,24-26H,2,4-6,8,10-11H2,(H,27,28)/b3-1+,9-7+. The van der Waals surface area contributed by atoms with Crippen LogP contribution in [-0.4, -0.2) is 44.7 Å². The number of rotatable bonds is 11. The van der Waals surface area contributed by atoms with E-state index in [9.17, 15) is 20.1 Å². The van der Waals surface area contributed by atoms with Gasteiger partial charge in [-0.15, -0.1) is 11.3 Å². The summed E-state index contributed by atoms with van der Waals surface area (Å²) in [5, 5.41) is 41.5. The molecule has 1 aromatic heterocycles. The maximum Gasteiger partial charge on any atom is 0.303 e. The molecular formula is C21H28Br2O5S. The predicted octanol–water partition coefficient (Wildman–Crippen LogP) is 4.68. The lowest BCUT2D eigenvalue weighted by Gasteiger charge is -2.19. The van der Waals surface area contributed by atoms with Gasteiger partial charge >= 0.3 is 5.97 Å². The lowest BCUT2D eigenvalue weighted by molar-refractivity contribution is -0.137. The van der Waals surface area contributed by atoms with E-state index in [1.165, 1.54) is 4.88 Å². The van der Waals surface area contributed by atoms with Gasteiger partial charge in [-0.25, -0.2) is 0 Å². The number of aliphatic carboxylic acids is 1. The van der Waals surface area contributed by atoms with Gasteiger partial charge in [0.2, 0.25) is 0 Å². The summed E-state index contributed by atoms with van der Waals surface area (Å²) in [5.41, 5.74) is 0. The number of halogens is 2. The van der Waals surface area contributed by atoms with Gasteiger partial charge in [-0.3, -0.25) is 4.79 Å². The summed E-state index contributed by atoms with van der Waals surface area (Å²) in [7, 11) is 0. The number of aryl methyl sites for hydroxylation is 1. The van der Waals surface area contributed by atoms with Gasteiger partial charge in [-0.1, -0.05) is 24.3 Å². The highest BCUT2D eigenvalue weighted by molar-refractivity contribution is 9.13. The summed E-state index contributed by atoms with van der Waals surface area (Å²) >= 11 is 8.63. The third-order valence-corrected chi connectivity index (χ3v) is 8.91. The van der Waals surface area contributed by atoms with E-state index >= 15 is 0 Å². The van der Waals surface area contributed by atoms with Crippen molar-refractivity contribution in [3.05, 3.63) is 43.5 Å². The number of thiophene rings is 1. The molecule has 1 heterocycles. The van der Waals surface area contributed by atoms with Crippen LogP contribution in [0.5, 0.6) is 0 Å². The molecule has 1 aromatic rings. The molecule has 0 amide bonds. The van der Waals surface area contributed by atoms with E-state index in [4.69, 9.17) is 5.11 Å². The minimum Gasteiger partial charge on any atom is -0.481 e. The zero-order valence-electron chi connectivity index (χ0n) is 16.1. The first kappa shape index (κ1) is 24.8. The summed E-state index contributed by atoms with van der Waals surface area (Å²) in [5.74, 6) is -1.10. The Hall–Kier alpha value is -0.510. The normalized spacial score (nSPS) is 26.0. The second-order valence-electron chi connectivity index (χ2n) is 7.42. The predicted molar refractivity (Wildman–Crippen MR) is 122 cm³/mol. The minimum absolute atomic E-state index is 0.105. The van der Waals surface area contributed by atoms with Crippen LogP contribution in [0, 0.1) is 11.8 Å². The molecule has 5 atom stereocenters. The van der Waals surface area contributed by atoms with Gasteiger partial charge < -0.3 is 20.4 Å². The topological polar surface area (TPSA) is 98.0 Å². The van der Waals surface area contributed by atoms with Crippen LogP contribution in [0.1, 0.15) is 43.4 Å². The number of hydrogen-bond donors (Lipinski definition) is 4. The molecule has 5 nitrogen and oxygen atoms in total. The van der Waals surface area contributed by atoms with Crippen molar-refractivity contribution in [1.82, 2.24) is 0 Å². The van der Waals surface area contributed by atoms with Crippen LogP contribution in [0.25, 0.3) is 0 Å². The Balaban J connectivity index is 1.84. The second-order valence-corrected chi connectivity index (χ2v) is 10.0. The molecule has 0 saturated heterocycles. The van der Waals surface area contributed by atoms with Crippen LogP contribution >= 0.6 is 43.2 Å². The average molecular weight is 552 g/mol. The summed E-state index contributed by atoms with van der Waals surface area (Å²) < 4.78 is 2.05. The molecule has 29 heavy (non-hydrogen) atoms. The van der Waals surface area contributed by atoms with Crippen molar-refractivity contribution in [2.75, 3.05) is 0 Å². The molecule has 5 unspecified atom stereocenters. The van der Waals surface area contributed by atoms with E-state index in [1.807, 2.05) is 23.6 Å². The lowest BCUT2D eigenvalue weighted by Crippen LogP contribution is -2.20. The Morgan fingerprint density at radius 2 is 2.03 bits per heavy atom. The second kappa shape index (κ2) is 12.4. The highest BCUT2D eigenvalue weighted by Crippen LogP contribution is 2.37. The van der Waals surface area contributed by atoms with Gasteiger partial charge in [0, 0.05) is 38.0 Å². The van der Waals surface area contributed by atoms with E-state index in [2.05, 4.69) is 31.9 Å². The van der Waals surface area contributed by atoms with Crippen LogP contribution in [0.2, 0.25) is 0 Å². The van der Waals surface area contributed by atoms with E-state index in [1.54, 1.807) is 17.4 Å². The zero-order valence-corrected chi connectivity index (χ0v) is 20.1. The van der Waals surface area contributed by atoms with E-state index in [0.29, 0.717) is 32.1 Å². The van der Waals surface area contributed by atoms with Crippen LogP contribution in [0.15, 0.2) is 38.6 Å². The molecule has 1 saturated carbocycles. The number of hydrogen-bond acceptors (Lipinski definition) is 5. The molecule has 162 valence electrons. The van der Waals surface area contributed by atoms with E-state index in [-0.39, 0.29) is 18.3 Å². The minimum atomic E-state index is -0.796. The quantitative estimate of drug-likeness (QED) is 0.236. The van der Waals surface area contributed by atoms with E-state index in [0.717, 1.165) is 15.4 Å². The summed E-state index contributed by atoms with van der Waals surface area (Å²) in [4.78, 5) is 11.7. The first-order chi connectivity index (χ1) is 13.8. The highest BCUT2D eigenvalue weighted by atomic mass is 79.9. The zero-order chi connectivity index (χ0) is 21.4. The number of carbonyl (C=O) groups is 1. The summed E-state index contributed by atoms with van der Waals surface area (Å²) in [6.45, 7) is 0. The monoisotopic (exact) mass is 550 g/mol. The Morgan fingerprint density at radius 1 is 1.28 bits per heavy atom. The smallest absolute Gasteiger partial charge is 0.303 e. The third-order valence-electron chi connectivity index (χ3n) is 5.23. The summed E-state index contributed by atoms with van der Waals surface area (Å²) in [6.07, 6.45) is 9.36. The van der Waals surface area contributed by atoms with Crippen LogP contribution in [-0.2, 0) is 11.2 Å². The fourth-order valence-electron chi connectivity index (χ4n) is 3.61. The number of carboxylic acid groups (broad SMARTS) is 1. The summed E-state index contributed by atoms with van der Waals surface area (Å²) in [6, 6.07) is 0. The van der Waals surface area contributed by atoms with Gasteiger partial charge in [0.25, 0.3) is 0 Å². The molecule has 0 spiro atoms. The van der Waals surface area contributed by atoms with Crippen molar-refractivity contribution in [2.45, 2.75) is 63.3 Å². The van der Waals surface area contributed by atoms with Gasteiger partial charge in [0.15, 0.2) is 0 Å². The Bertz CT molecular complexity index is 718. The van der Waals surface area contributed by atoms with Crippen molar-refractivity contribution < 1.29 is 25.2 Å².